The number of hydrogen-bond donors (Lipinski definition) is 1. The molecular weight excluding hydrogens is 244 g/mol. The van der Waals surface area contributed by atoms with Gasteiger partial charge in [-0.25, -0.2) is 0 Å². The molecule has 2 N–H and O–H groups in total. The van der Waals surface area contributed by atoms with E-state index in [0.29, 0.717) is 18.0 Å². The van der Waals surface area contributed by atoms with Gasteiger partial charge in [0.2, 0.25) is 0 Å². The highest BCUT2D eigenvalue weighted by atomic mass is 16.5. The van der Waals surface area contributed by atoms with Crippen molar-refractivity contribution in [3.63, 3.8) is 0 Å². The molecule has 0 bridgehead atoms. The number of fused-ring (bicyclic) bond motifs is 1. The van der Waals surface area contributed by atoms with Crippen LogP contribution in [0.25, 0.3) is 11.0 Å². The Hall–Kier alpha value is -1.72. The van der Waals surface area contributed by atoms with E-state index in [4.69, 9.17) is 19.6 Å². The first-order chi connectivity index (χ1) is 9.33. The molecule has 2 heterocycles. The van der Waals surface area contributed by atoms with Crippen molar-refractivity contribution in [3.05, 3.63) is 24.5 Å². The van der Waals surface area contributed by atoms with Crippen LogP contribution in [0, 0.1) is 0 Å². The summed E-state index contributed by atoms with van der Waals surface area (Å²) < 4.78 is 16.6. The molecule has 0 amide bonds. The van der Waals surface area contributed by atoms with Crippen molar-refractivity contribution < 1.29 is 13.9 Å². The van der Waals surface area contributed by atoms with E-state index in [1.165, 1.54) is 0 Å². The van der Waals surface area contributed by atoms with Crippen LogP contribution in [0.1, 0.15) is 0 Å². The van der Waals surface area contributed by atoms with E-state index < -0.39 is 0 Å². The van der Waals surface area contributed by atoms with E-state index in [0.717, 1.165) is 43.8 Å². The van der Waals surface area contributed by atoms with Gasteiger partial charge < -0.3 is 19.6 Å². The summed E-state index contributed by atoms with van der Waals surface area (Å²) in [6.45, 7) is 5.06. The van der Waals surface area contributed by atoms with Crippen molar-refractivity contribution in [2.75, 3.05) is 45.2 Å². The van der Waals surface area contributed by atoms with E-state index in [1.807, 2.05) is 18.2 Å². The number of anilines is 1. The molecule has 0 unspecified atom stereocenters. The maximum absolute atomic E-state index is 5.85. The maximum Gasteiger partial charge on any atom is 0.175 e. The normalized spacial score (nSPS) is 16.8. The molecule has 0 aliphatic carbocycles. The average molecular weight is 262 g/mol. The van der Waals surface area contributed by atoms with Gasteiger partial charge >= 0.3 is 0 Å². The maximum atomic E-state index is 5.85. The van der Waals surface area contributed by atoms with Crippen LogP contribution in [-0.2, 0) is 4.74 Å². The topological polar surface area (TPSA) is 60.9 Å². The van der Waals surface area contributed by atoms with Crippen LogP contribution in [0.4, 0.5) is 5.69 Å². The minimum absolute atomic E-state index is 0.624. The molecule has 5 nitrogen and oxygen atoms in total. The first kappa shape index (κ1) is 12.3. The molecule has 3 rings (SSSR count). The lowest BCUT2D eigenvalue weighted by Gasteiger charge is -2.26. The standard InChI is InChI=1S/C14H18N2O3/c15-12-9-11-1-5-19-14(11)13(10-12)18-8-4-16-2-6-17-7-3-16/h1,5,9-10H,2-4,6-8,15H2. The van der Waals surface area contributed by atoms with Crippen LogP contribution in [-0.4, -0.2) is 44.4 Å². The Labute approximate surface area is 111 Å². The molecule has 5 heteroatoms. The molecule has 1 aliphatic heterocycles. The number of benzene rings is 1. The van der Waals surface area contributed by atoms with E-state index in [2.05, 4.69) is 4.90 Å². The first-order valence-electron chi connectivity index (χ1n) is 6.52. The van der Waals surface area contributed by atoms with E-state index in [9.17, 15) is 0 Å². The molecule has 1 aromatic heterocycles. The van der Waals surface area contributed by atoms with Crippen LogP contribution < -0.4 is 10.5 Å². The first-order valence-corrected chi connectivity index (χ1v) is 6.52. The van der Waals surface area contributed by atoms with Crippen molar-refractivity contribution in [1.82, 2.24) is 4.90 Å². The second-order valence-electron chi connectivity index (χ2n) is 4.66. The van der Waals surface area contributed by atoms with Crippen LogP contribution >= 0.6 is 0 Å². The van der Waals surface area contributed by atoms with Crippen molar-refractivity contribution in [2.45, 2.75) is 0 Å². The van der Waals surface area contributed by atoms with Crippen LogP contribution in [0.2, 0.25) is 0 Å². The molecule has 1 aliphatic rings. The summed E-state index contributed by atoms with van der Waals surface area (Å²) in [7, 11) is 0. The lowest BCUT2D eigenvalue weighted by Crippen LogP contribution is -2.38. The summed E-state index contributed by atoms with van der Waals surface area (Å²) in [6, 6.07) is 5.58. The molecular formula is C14H18N2O3. The van der Waals surface area contributed by atoms with Crippen molar-refractivity contribution >= 4 is 16.7 Å². The summed E-state index contributed by atoms with van der Waals surface area (Å²) in [6.07, 6.45) is 1.65. The quantitative estimate of drug-likeness (QED) is 0.850. The van der Waals surface area contributed by atoms with Gasteiger partial charge in [-0.1, -0.05) is 0 Å². The van der Waals surface area contributed by atoms with Gasteiger partial charge in [0.1, 0.15) is 6.61 Å². The zero-order valence-electron chi connectivity index (χ0n) is 10.8. The highest BCUT2D eigenvalue weighted by molar-refractivity contribution is 5.86. The van der Waals surface area contributed by atoms with Gasteiger partial charge in [0.25, 0.3) is 0 Å². The number of furan rings is 1. The molecule has 102 valence electrons. The van der Waals surface area contributed by atoms with Crippen LogP contribution in [0.15, 0.2) is 28.9 Å². The summed E-state index contributed by atoms with van der Waals surface area (Å²) in [4.78, 5) is 2.33. The Kier molecular flexibility index (Phi) is 3.57. The summed E-state index contributed by atoms with van der Waals surface area (Å²) in [5.74, 6) is 0.716. The highest BCUT2D eigenvalue weighted by Crippen LogP contribution is 2.29. The second-order valence-corrected chi connectivity index (χ2v) is 4.66. The van der Waals surface area contributed by atoms with Gasteiger partial charge in [0.05, 0.1) is 19.5 Å². The summed E-state index contributed by atoms with van der Waals surface area (Å²) in [5, 5.41) is 0.973. The summed E-state index contributed by atoms with van der Waals surface area (Å²) >= 11 is 0. The predicted molar refractivity (Wildman–Crippen MR) is 73.4 cm³/mol. The SMILES string of the molecule is Nc1cc(OCCN2CCOCC2)c2occc2c1. The number of ether oxygens (including phenoxy) is 2. The zero-order chi connectivity index (χ0) is 13.1. The molecule has 1 aromatic carbocycles. The number of nitrogens with zero attached hydrogens (tertiary/aromatic N) is 1. The lowest BCUT2D eigenvalue weighted by atomic mass is 10.2. The van der Waals surface area contributed by atoms with Gasteiger partial charge in [-0.3, -0.25) is 4.90 Å². The minimum atomic E-state index is 0.624. The molecule has 0 atom stereocenters. The van der Waals surface area contributed by atoms with Crippen molar-refractivity contribution in [1.29, 1.82) is 0 Å². The molecule has 2 aromatic rings. The number of nitrogens with two attached hydrogens (primary N) is 1. The summed E-state index contributed by atoms with van der Waals surface area (Å²) in [5.41, 5.74) is 7.30. The fraction of sp³-hybridized carbons (Fsp3) is 0.429. The molecule has 19 heavy (non-hydrogen) atoms. The molecule has 1 fully saturated rings. The van der Waals surface area contributed by atoms with Gasteiger partial charge in [-0.15, -0.1) is 0 Å². The lowest BCUT2D eigenvalue weighted by molar-refractivity contribution is 0.0323. The van der Waals surface area contributed by atoms with Crippen LogP contribution in [0.3, 0.4) is 0 Å². The third kappa shape index (κ3) is 2.83. The van der Waals surface area contributed by atoms with E-state index in [-0.39, 0.29) is 0 Å². The average Bonchev–Trinajstić information content (AvgIpc) is 2.88. The van der Waals surface area contributed by atoms with Gasteiger partial charge in [-0.2, -0.15) is 0 Å². The minimum Gasteiger partial charge on any atom is -0.488 e. The molecule has 0 radical (unpaired) electrons. The molecule has 0 saturated carbocycles. The number of rotatable bonds is 4. The Morgan fingerprint density at radius 1 is 1.26 bits per heavy atom. The van der Waals surface area contributed by atoms with E-state index >= 15 is 0 Å². The third-order valence-corrected chi connectivity index (χ3v) is 3.31. The monoisotopic (exact) mass is 262 g/mol. The smallest absolute Gasteiger partial charge is 0.175 e. The number of hydrogen-bond acceptors (Lipinski definition) is 5. The van der Waals surface area contributed by atoms with Crippen LogP contribution in [0.5, 0.6) is 5.75 Å². The number of morpholine rings is 1. The third-order valence-electron chi connectivity index (χ3n) is 3.31. The Morgan fingerprint density at radius 3 is 2.95 bits per heavy atom. The molecule has 1 saturated heterocycles. The fourth-order valence-electron chi connectivity index (χ4n) is 2.29. The number of nitrogen functional groups attached to an aromatic ring is 1. The van der Waals surface area contributed by atoms with Gasteiger partial charge in [0, 0.05) is 36.8 Å². The van der Waals surface area contributed by atoms with Crippen molar-refractivity contribution in [2.24, 2.45) is 0 Å². The molecule has 0 spiro atoms. The Morgan fingerprint density at radius 2 is 2.11 bits per heavy atom. The fourth-order valence-corrected chi connectivity index (χ4v) is 2.29. The van der Waals surface area contributed by atoms with Gasteiger partial charge in [-0.05, 0) is 12.1 Å². The van der Waals surface area contributed by atoms with Gasteiger partial charge in [0.15, 0.2) is 11.3 Å². The van der Waals surface area contributed by atoms with Crippen molar-refractivity contribution in [3.8, 4) is 5.75 Å². The highest BCUT2D eigenvalue weighted by Gasteiger charge is 2.11. The van der Waals surface area contributed by atoms with E-state index in [1.54, 1.807) is 6.26 Å². The second kappa shape index (κ2) is 5.50. The zero-order valence-corrected chi connectivity index (χ0v) is 10.8. The predicted octanol–water partition coefficient (Wildman–Crippen LogP) is 1.73. The Bertz CT molecular complexity index is 547. The Balaban J connectivity index is 1.63. The largest absolute Gasteiger partial charge is 0.488 e.